The Morgan fingerprint density at radius 3 is 1.29 bits per heavy atom. The van der Waals surface area contributed by atoms with E-state index in [2.05, 4.69) is 31.9 Å². The molecule has 4 aromatic carbocycles. The first kappa shape index (κ1) is 61.1. The Morgan fingerprint density at radius 1 is 0.476 bits per heavy atom. The van der Waals surface area contributed by atoms with Crippen LogP contribution in [0.25, 0.3) is 0 Å². The van der Waals surface area contributed by atoms with Gasteiger partial charge in [0.25, 0.3) is 5.91 Å². The van der Waals surface area contributed by atoms with E-state index < -0.39 is 76.9 Å². The van der Waals surface area contributed by atoms with Crippen molar-refractivity contribution in [3.8, 4) is 11.5 Å². The highest BCUT2D eigenvalue weighted by Crippen LogP contribution is 2.30. The van der Waals surface area contributed by atoms with Crippen LogP contribution in [0, 0.1) is 0 Å². The summed E-state index contributed by atoms with van der Waals surface area (Å²) in [6, 6.07) is 29.1. The summed E-state index contributed by atoms with van der Waals surface area (Å²) in [7, 11) is 0. The van der Waals surface area contributed by atoms with Gasteiger partial charge in [0.05, 0.1) is 29.7 Å². The molecule has 0 saturated carbocycles. The fraction of sp³-hybridized carbons (Fsp3) is 0.467. The minimum absolute atomic E-state index is 0.0731. The van der Waals surface area contributed by atoms with Crippen LogP contribution in [0.5, 0.6) is 11.5 Å². The number of piperidine rings is 2. The van der Waals surface area contributed by atoms with Gasteiger partial charge in [0.2, 0.25) is 17.8 Å². The molecule has 22 nitrogen and oxygen atoms in total. The maximum Gasteiger partial charge on any atom is 0.407 e. The van der Waals surface area contributed by atoms with Crippen molar-refractivity contribution < 1.29 is 52.4 Å². The molecule has 22 heteroatoms. The van der Waals surface area contributed by atoms with Crippen molar-refractivity contribution in [3.05, 3.63) is 120 Å². The van der Waals surface area contributed by atoms with Gasteiger partial charge in [-0.15, -0.1) is 0 Å². The average Bonchev–Trinajstić information content (AvgIpc) is 3.45. The number of benzene rings is 4. The zero-order valence-corrected chi connectivity index (χ0v) is 49.0. The number of anilines is 5. The lowest BCUT2D eigenvalue weighted by molar-refractivity contribution is 0.0452. The van der Waals surface area contributed by atoms with E-state index in [4.69, 9.17) is 43.4 Å². The third-order valence-electron chi connectivity index (χ3n) is 12.0. The second kappa shape index (κ2) is 26.4. The van der Waals surface area contributed by atoms with Crippen LogP contribution in [0.4, 0.5) is 48.4 Å². The quantitative estimate of drug-likeness (QED) is 0.0502. The van der Waals surface area contributed by atoms with Crippen molar-refractivity contribution in [2.75, 3.05) is 46.6 Å². The number of amides is 5. The number of carbonyl (C=O) groups excluding carboxylic acids is 5. The van der Waals surface area contributed by atoms with Gasteiger partial charge < -0.3 is 70.1 Å². The number of rotatable bonds is 16. The van der Waals surface area contributed by atoms with E-state index in [-0.39, 0.29) is 56.2 Å². The molecule has 0 bridgehead atoms. The van der Waals surface area contributed by atoms with Crippen molar-refractivity contribution in [2.24, 2.45) is 0 Å². The lowest BCUT2D eigenvalue weighted by Crippen LogP contribution is -2.59. The molecule has 440 valence electrons. The zero-order valence-electron chi connectivity index (χ0n) is 49.0. The topological polar surface area (TPSA) is 258 Å². The Hall–Kier alpha value is -8.56. The number of nitrogens with one attached hydrogen (secondary N) is 6. The lowest BCUT2D eigenvalue weighted by atomic mass is 10.0. The van der Waals surface area contributed by atoms with Crippen molar-refractivity contribution in [1.29, 1.82) is 0 Å². The molecule has 0 unspecified atom stereocenters. The van der Waals surface area contributed by atoms with E-state index in [1.54, 1.807) is 126 Å². The van der Waals surface area contributed by atoms with Gasteiger partial charge >= 0.3 is 24.4 Å². The molecule has 5 amide bonds. The van der Waals surface area contributed by atoms with Crippen LogP contribution in [0.1, 0.15) is 117 Å². The Morgan fingerprint density at radius 2 is 0.878 bits per heavy atom. The molecule has 6 N–H and O–H groups in total. The number of ether oxygens (including phenoxy) is 6. The van der Waals surface area contributed by atoms with Crippen LogP contribution in [0.2, 0.25) is 0 Å². The summed E-state index contributed by atoms with van der Waals surface area (Å²) >= 11 is 0. The smallest absolute Gasteiger partial charge is 0.407 e. The zero-order chi connectivity index (χ0) is 59.4. The predicted octanol–water partition coefficient (Wildman–Crippen LogP) is 10.0. The monoisotopic (exact) mass is 1130 g/mol. The number of hydrogen-bond acceptors (Lipinski definition) is 17. The third kappa shape index (κ3) is 20.2. The van der Waals surface area contributed by atoms with E-state index >= 15 is 0 Å². The Labute approximate surface area is 480 Å². The highest BCUT2D eigenvalue weighted by atomic mass is 16.6. The van der Waals surface area contributed by atoms with Crippen LogP contribution in [0.15, 0.2) is 103 Å². The number of nitrogens with zero attached hydrogens (tertiary/aromatic N) is 5. The molecule has 0 spiro atoms. The lowest BCUT2D eigenvalue weighted by Gasteiger charge is -2.40. The molecule has 3 heterocycles. The van der Waals surface area contributed by atoms with E-state index in [0.29, 0.717) is 42.3 Å². The minimum atomic E-state index is -0.791. The van der Waals surface area contributed by atoms with Crippen LogP contribution in [-0.2, 0) is 32.2 Å². The van der Waals surface area contributed by atoms with Gasteiger partial charge in [0.15, 0.2) is 0 Å². The maximum absolute atomic E-state index is 14.3. The molecule has 2 saturated heterocycles. The SMILES string of the molecule is CC(C)(C)OC(=O)N[C@@H]1C[C@H](NC(=O)OC(C)(C)C)CN(c2nc(Nc3cccc(NC(=O)c4ccc(OCc5ccccc5)cc4OCc4ccccc4)c3)nc(N3C[C@H](NC(=O)OC(C)(C)C)C[C@H](NC(=O)OC(C)(C)C)C3)n2)C1. The largest absolute Gasteiger partial charge is 0.489 e. The Bertz CT molecular complexity index is 2820. The molecule has 2 aliphatic rings. The molecule has 5 aromatic rings. The Kier molecular flexibility index (Phi) is 19.6. The van der Waals surface area contributed by atoms with E-state index in [9.17, 15) is 24.0 Å². The summed E-state index contributed by atoms with van der Waals surface area (Å²) in [6.45, 7) is 22.4. The van der Waals surface area contributed by atoms with Gasteiger partial charge in [-0.2, -0.15) is 15.0 Å². The molecule has 7 rings (SSSR count). The first-order chi connectivity index (χ1) is 38.5. The summed E-state index contributed by atoms with van der Waals surface area (Å²) in [6.07, 6.45) is -1.98. The molecule has 82 heavy (non-hydrogen) atoms. The number of alkyl carbamates (subject to hydrolysis) is 4. The molecule has 2 fully saturated rings. The first-order valence-corrected chi connectivity index (χ1v) is 27.5. The van der Waals surface area contributed by atoms with Crippen LogP contribution >= 0.6 is 0 Å². The molecular formula is C60H79N11O11. The summed E-state index contributed by atoms with van der Waals surface area (Å²) in [5.41, 5.74) is -0.0898. The first-order valence-electron chi connectivity index (χ1n) is 27.5. The van der Waals surface area contributed by atoms with Crippen LogP contribution in [0.3, 0.4) is 0 Å². The highest BCUT2D eigenvalue weighted by Gasteiger charge is 2.36. The van der Waals surface area contributed by atoms with Gasteiger partial charge in [-0.3, -0.25) is 4.79 Å². The van der Waals surface area contributed by atoms with Crippen molar-refractivity contribution in [2.45, 2.75) is 156 Å². The molecular weight excluding hydrogens is 1050 g/mol. The molecule has 2 aliphatic heterocycles. The van der Waals surface area contributed by atoms with Crippen LogP contribution in [-0.4, -0.2) is 118 Å². The maximum atomic E-state index is 14.3. The number of aromatic nitrogens is 3. The van der Waals surface area contributed by atoms with Crippen molar-refractivity contribution in [1.82, 2.24) is 36.2 Å². The van der Waals surface area contributed by atoms with Crippen molar-refractivity contribution >= 4 is 59.5 Å². The van der Waals surface area contributed by atoms with Gasteiger partial charge in [0.1, 0.15) is 47.1 Å². The van der Waals surface area contributed by atoms with E-state index in [0.717, 1.165) is 11.1 Å². The van der Waals surface area contributed by atoms with Gasteiger partial charge in [-0.1, -0.05) is 66.7 Å². The summed E-state index contributed by atoms with van der Waals surface area (Å²) in [5.74, 6) is 0.783. The molecule has 0 aliphatic carbocycles. The second-order valence-electron chi connectivity index (χ2n) is 24.3. The number of carbonyl (C=O) groups is 5. The van der Waals surface area contributed by atoms with Gasteiger partial charge in [0, 0.05) is 43.6 Å². The summed E-state index contributed by atoms with van der Waals surface area (Å²) in [5, 5.41) is 18.2. The standard InChI is InChI=1S/C60H79N11O11/c1-57(2,3)79-53(73)63-42-29-43(64-54(74)80-58(4,5)6)33-70(32-42)51-67-50(68-52(69-51)71-34-44(65-55(75)81-59(7,8)9)30-45(35-71)66-56(76)82-60(10,11)12)62-41-25-19-24-40(28-41)61-49(72)47-27-26-46(77-36-38-20-15-13-16-21-38)31-48(47)78-37-39-22-17-14-18-23-39/h13-28,31,42-45H,29-30,32-37H2,1-12H3,(H,61,72)(H,63,73)(H,64,74)(H,65,75)(H,66,76)(H,62,67,68,69)/t42-,43+,44-,45+. The van der Waals surface area contributed by atoms with Crippen molar-refractivity contribution in [3.63, 3.8) is 0 Å². The normalized spacial score (nSPS) is 17.5. The van der Waals surface area contributed by atoms with E-state index in [1.165, 1.54) is 0 Å². The predicted molar refractivity (Wildman–Crippen MR) is 312 cm³/mol. The average molecular weight is 1130 g/mol. The molecule has 0 radical (unpaired) electrons. The molecule has 1 aromatic heterocycles. The second-order valence-corrected chi connectivity index (χ2v) is 24.3. The highest BCUT2D eigenvalue weighted by molar-refractivity contribution is 6.06. The van der Waals surface area contributed by atoms with Gasteiger partial charge in [-0.25, -0.2) is 19.2 Å². The third-order valence-corrected chi connectivity index (χ3v) is 12.0. The van der Waals surface area contributed by atoms with Gasteiger partial charge in [-0.05, 0) is 137 Å². The Balaban J connectivity index is 1.22. The van der Waals surface area contributed by atoms with Crippen LogP contribution < -0.4 is 51.2 Å². The minimum Gasteiger partial charge on any atom is -0.489 e. The van der Waals surface area contributed by atoms with E-state index in [1.807, 2.05) is 70.5 Å². The fourth-order valence-corrected chi connectivity index (χ4v) is 8.91. The fourth-order valence-electron chi connectivity index (χ4n) is 8.91. The summed E-state index contributed by atoms with van der Waals surface area (Å²) < 4.78 is 35.0. The molecule has 4 atom stereocenters. The summed E-state index contributed by atoms with van der Waals surface area (Å²) in [4.78, 5) is 85.9. The number of hydrogen-bond donors (Lipinski definition) is 6.